The van der Waals surface area contributed by atoms with E-state index < -0.39 is 36.9 Å². The molecular formula is C10H15NO7. The molecule has 0 aliphatic carbocycles. The number of ether oxygens (including phenoxy) is 2. The summed E-state index contributed by atoms with van der Waals surface area (Å²) >= 11 is 0. The fraction of sp³-hybridized carbons (Fsp3) is 0.600. The normalized spacial score (nSPS) is 11.2. The lowest BCUT2D eigenvalue weighted by Crippen LogP contribution is -2.38. The summed E-state index contributed by atoms with van der Waals surface area (Å²) in [6.07, 6.45) is -1.34. The van der Waals surface area contributed by atoms with E-state index in [2.05, 4.69) is 9.47 Å². The number of amides is 2. The molecule has 0 aromatic heterocycles. The van der Waals surface area contributed by atoms with E-state index in [0.717, 1.165) is 7.11 Å². The van der Waals surface area contributed by atoms with E-state index in [9.17, 15) is 19.2 Å². The molecule has 0 fully saturated rings. The molecule has 0 bridgehead atoms. The van der Waals surface area contributed by atoms with Crippen molar-refractivity contribution in [3.05, 3.63) is 0 Å². The molecule has 0 aliphatic heterocycles. The molecule has 0 saturated heterocycles. The molecule has 0 spiro atoms. The summed E-state index contributed by atoms with van der Waals surface area (Å²) in [6.45, 7) is 1.24. The monoisotopic (exact) mass is 261 g/mol. The van der Waals surface area contributed by atoms with E-state index in [1.54, 1.807) is 6.92 Å². The summed E-state index contributed by atoms with van der Waals surface area (Å²) in [7, 11) is 1.06. The zero-order valence-corrected chi connectivity index (χ0v) is 10.1. The van der Waals surface area contributed by atoms with Crippen molar-refractivity contribution in [1.82, 2.24) is 4.90 Å². The van der Waals surface area contributed by atoms with Gasteiger partial charge in [-0.1, -0.05) is 0 Å². The number of rotatable bonds is 7. The van der Waals surface area contributed by atoms with Crippen LogP contribution < -0.4 is 0 Å². The second-order valence-corrected chi connectivity index (χ2v) is 3.27. The van der Waals surface area contributed by atoms with Crippen molar-refractivity contribution in [2.75, 3.05) is 20.3 Å². The fourth-order valence-corrected chi connectivity index (χ4v) is 1.21. The fourth-order valence-electron chi connectivity index (χ4n) is 1.21. The Balaban J connectivity index is 4.74. The van der Waals surface area contributed by atoms with Crippen molar-refractivity contribution >= 4 is 24.4 Å². The Hall–Kier alpha value is -2.12. The van der Waals surface area contributed by atoms with Gasteiger partial charge in [0.1, 0.15) is 0 Å². The third kappa shape index (κ3) is 5.28. The lowest BCUT2D eigenvalue weighted by molar-refractivity contribution is -0.153. The standard InChI is InChI=1S/C10H15NO7/c1-3-18-9(15)7(4-8(13)14)5-11(6-12)10(16)17-2/h6-7H,3-5H2,1-2H3,(H,13,14)/t7-/m0/s1. The first-order valence-electron chi connectivity index (χ1n) is 5.14. The number of esters is 1. The van der Waals surface area contributed by atoms with Gasteiger partial charge in [-0.3, -0.25) is 14.4 Å². The van der Waals surface area contributed by atoms with Gasteiger partial charge in [-0.2, -0.15) is 0 Å². The van der Waals surface area contributed by atoms with Gasteiger partial charge in [-0.25, -0.2) is 9.69 Å². The van der Waals surface area contributed by atoms with Gasteiger partial charge in [-0.05, 0) is 6.92 Å². The minimum atomic E-state index is -1.23. The molecule has 8 heteroatoms. The van der Waals surface area contributed by atoms with Crippen LogP contribution in [0.25, 0.3) is 0 Å². The maximum absolute atomic E-state index is 11.5. The minimum Gasteiger partial charge on any atom is -0.481 e. The number of carbonyl (C=O) groups is 4. The first-order chi connectivity index (χ1) is 8.46. The van der Waals surface area contributed by atoms with Gasteiger partial charge in [0, 0.05) is 6.54 Å². The molecule has 0 radical (unpaired) electrons. The van der Waals surface area contributed by atoms with Crippen molar-refractivity contribution in [3.63, 3.8) is 0 Å². The van der Waals surface area contributed by atoms with Crippen LogP contribution in [0, 0.1) is 5.92 Å². The average molecular weight is 261 g/mol. The molecule has 0 unspecified atom stereocenters. The van der Waals surface area contributed by atoms with Crippen LogP contribution in [0.5, 0.6) is 0 Å². The summed E-state index contributed by atoms with van der Waals surface area (Å²) in [5.74, 6) is -3.13. The predicted octanol–water partition coefficient (Wildman–Crippen LogP) is -0.135. The molecule has 1 N–H and O–H groups in total. The lowest BCUT2D eigenvalue weighted by atomic mass is 10.1. The van der Waals surface area contributed by atoms with E-state index in [1.807, 2.05) is 0 Å². The van der Waals surface area contributed by atoms with Crippen molar-refractivity contribution in [3.8, 4) is 0 Å². The zero-order valence-electron chi connectivity index (χ0n) is 10.1. The van der Waals surface area contributed by atoms with Crippen LogP contribution >= 0.6 is 0 Å². The molecule has 2 amide bonds. The number of hydrogen-bond donors (Lipinski definition) is 1. The number of hydrogen-bond acceptors (Lipinski definition) is 6. The number of imide groups is 1. The Morgan fingerprint density at radius 3 is 2.39 bits per heavy atom. The van der Waals surface area contributed by atoms with Gasteiger partial charge in [0.15, 0.2) is 0 Å². The van der Waals surface area contributed by atoms with Crippen LogP contribution in [0.1, 0.15) is 13.3 Å². The van der Waals surface area contributed by atoms with Crippen molar-refractivity contribution < 1.29 is 33.8 Å². The minimum absolute atomic E-state index is 0.0776. The highest BCUT2D eigenvalue weighted by Gasteiger charge is 2.28. The smallest absolute Gasteiger partial charge is 0.416 e. The largest absolute Gasteiger partial charge is 0.481 e. The molecule has 0 aliphatic rings. The van der Waals surface area contributed by atoms with Crippen LogP contribution in [0.4, 0.5) is 4.79 Å². The average Bonchev–Trinajstić information content (AvgIpc) is 2.33. The van der Waals surface area contributed by atoms with Gasteiger partial charge in [0.05, 0.1) is 26.1 Å². The molecule has 8 nitrogen and oxygen atoms in total. The quantitative estimate of drug-likeness (QED) is 0.501. The van der Waals surface area contributed by atoms with E-state index in [4.69, 9.17) is 5.11 Å². The van der Waals surface area contributed by atoms with Crippen molar-refractivity contribution in [1.29, 1.82) is 0 Å². The second-order valence-electron chi connectivity index (χ2n) is 3.27. The Morgan fingerprint density at radius 2 is 2.00 bits per heavy atom. The second kappa shape index (κ2) is 8.04. The maximum atomic E-state index is 11.5. The Morgan fingerprint density at radius 1 is 1.39 bits per heavy atom. The summed E-state index contributed by atoms with van der Waals surface area (Å²) < 4.78 is 8.97. The van der Waals surface area contributed by atoms with E-state index in [-0.39, 0.29) is 13.0 Å². The number of carboxylic acid groups (broad SMARTS) is 1. The molecule has 0 heterocycles. The Kier molecular flexibility index (Phi) is 7.10. The highest BCUT2D eigenvalue weighted by Crippen LogP contribution is 2.09. The molecule has 0 rings (SSSR count). The highest BCUT2D eigenvalue weighted by molar-refractivity contribution is 5.83. The number of nitrogens with zero attached hydrogens (tertiary/aromatic N) is 1. The van der Waals surface area contributed by atoms with Gasteiger partial charge >= 0.3 is 18.0 Å². The van der Waals surface area contributed by atoms with Gasteiger partial charge in [-0.15, -0.1) is 0 Å². The zero-order chi connectivity index (χ0) is 14.1. The van der Waals surface area contributed by atoms with Crippen molar-refractivity contribution in [2.24, 2.45) is 5.92 Å². The van der Waals surface area contributed by atoms with E-state index in [1.165, 1.54) is 0 Å². The van der Waals surface area contributed by atoms with E-state index >= 15 is 0 Å². The third-order valence-corrected chi connectivity index (χ3v) is 1.99. The molecule has 0 aromatic rings. The van der Waals surface area contributed by atoms with Crippen LogP contribution in [0.2, 0.25) is 0 Å². The van der Waals surface area contributed by atoms with Crippen LogP contribution in [0.15, 0.2) is 0 Å². The summed E-state index contributed by atoms with van der Waals surface area (Å²) in [5, 5.41) is 8.65. The molecule has 18 heavy (non-hydrogen) atoms. The highest BCUT2D eigenvalue weighted by atomic mass is 16.5. The first kappa shape index (κ1) is 15.9. The first-order valence-corrected chi connectivity index (χ1v) is 5.14. The Bertz CT molecular complexity index is 328. The van der Waals surface area contributed by atoms with Gasteiger partial charge in [0.2, 0.25) is 6.41 Å². The predicted molar refractivity (Wildman–Crippen MR) is 57.6 cm³/mol. The number of carboxylic acids is 1. The van der Waals surface area contributed by atoms with Crippen LogP contribution in [-0.4, -0.2) is 54.7 Å². The molecule has 1 atom stereocenters. The summed E-state index contributed by atoms with van der Waals surface area (Å²) in [5.41, 5.74) is 0. The molecule has 102 valence electrons. The Labute approximate surface area is 103 Å². The molecule has 0 saturated carbocycles. The van der Waals surface area contributed by atoms with Gasteiger partial charge in [0.25, 0.3) is 0 Å². The lowest BCUT2D eigenvalue weighted by Gasteiger charge is -2.19. The van der Waals surface area contributed by atoms with Crippen molar-refractivity contribution in [2.45, 2.75) is 13.3 Å². The number of carbonyl (C=O) groups excluding carboxylic acids is 3. The SMILES string of the molecule is CCOC(=O)[C@@H](CC(=O)O)CN(C=O)C(=O)OC. The summed E-state index contributed by atoms with van der Waals surface area (Å²) in [4.78, 5) is 44.4. The van der Waals surface area contributed by atoms with E-state index in [0.29, 0.717) is 4.90 Å². The van der Waals surface area contributed by atoms with Gasteiger partial charge < -0.3 is 14.6 Å². The molecule has 0 aromatic carbocycles. The summed E-state index contributed by atoms with van der Waals surface area (Å²) in [6, 6.07) is 0. The number of methoxy groups -OCH3 is 1. The molecular weight excluding hydrogens is 246 g/mol. The maximum Gasteiger partial charge on any atom is 0.416 e. The van der Waals surface area contributed by atoms with Crippen LogP contribution in [-0.2, 0) is 23.9 Å². The third-order valence-electron chi connectivity index (χ3n) is 1.99. The number of aliphatic carboxylic acids is 1. The topological polar surface area (TPSA) is 110 Å². The van der Waals surface area contributed by atoms with Crippen LogP contribution in [0.3, 0.4) is 0 Å².